The fourth-order valence-corrected chi connectivity index (χ4v) is 1.07. The lowest BCUT2D eigenvalue weighted by Gasteiger charge is -2.06. The molecule has 0 saturated heterocycles. The topological polar surface area (TPSA) is 101 Å². The van der Waals surface area contributed by atoms with Crippen LogP contribution in [0.25, 0.3) is 0 Å². The number of carbonyl (C=O) groups is 2. The summed E-state index contributed by atoms with van der Waals surface area (Å²) in [5.74, 6) is -1.55. The van der Waals surface area contributed by atoms with Crippen LogP contribution in [0.3, 0.4) is 0 Å². The number of primary amides is 1. The number of aliphatic hydroxyl groups is 1. The molecule has 17 heavy (non-hydrogen) atoms. The van der Waals surface area contributed by atoms with Gasteiger partial charge in [0.2, 0.25) is 5.91 Å². The Morgan fingerprint density at radius 2 is 1.88 bits per heavy atom. The van der Waals surface area contributed by atoms with Crippen LogP contribution in [0.4, 0.5) is 0 Å². The molecule has 0 aliphatic carbocycles. The third-order valence-corrected chi connectivity index (χ3v) is 2.13. The van der Waals surface area contributed by atoms with Gasteiger partial charge in [-0.3, -0.25) is 4.79 Å². The van der Waals surface area contributed by atoms with Crippen LogP contribution < -0.4 is 5.73 Å². The lowest BCUT2D eigenvalue weighted by atomic mass is 10.1. The SMILES string of the molecule is CCC(N)=O.O=C(O)[C@@H](O)c1ccccc1Cl. The van der Waals surface area contributed by atoms with Gasteiger partial charge in [0.05, 0.1) is 0 Å². The van der Waals surface area contributed by atoms with Gasteiger partial charge in [0.25, 0.3) is 0 Å². The second-order valence-corrected chi connectivity index (χ2v) is 3.49. The Labute approximate surface area is 104 Å². The molecule has 0 spiro atoms. The molecule has 0 aromatic heterocycles. The number of hydrogen-bond acceptors (Lipinski definition) is 3. The van der Waals surface area contributed by atoms with Gasteiger partial charge in [0.1, 0.15) is 0 Å². The Morgan fingerprint density at radius 3 is 2.24 bits per heavy atom. The average Bonchev–Trinajstić information content (AvgIpc) is 2.29. The fourth-order valence-electron chi connectivity index (χ4n) is 0.830. The molecule has 6 heteroatoms. The summed E-state index contributed by atoms with van der Waals surface area (Å²) in [5.41, 5.74) is 4.87. The lowest BCUT2D eigenvalue weighted by Crippen LogP contribution is -2.10. The number of carboxylic acid groups (broad SMARTS) is 1. The number of nitrogens with two attached hydrogens (primary N) is 1. The minimum Gasteiger partial charge on any atom is -0.479 e. The van der Waals surface area contributed by atoms with E-state index in [-0.39, 0.29) is 16.5 Å². The van der Waals surface area contributed by atoms with Crippen LogP contribution in [0.1, 0.15) is 25.0 Å². The molecule has 94 valence electrons. The number of amides is 1. The van der Waals surface area contributed by atoms with Crippen LogP contribution in [0, 0.1) is 0 Å². The zero-order valence-electron chi connectivity index (χ0n) is 9.26. The van der Waals surface area contributed by atoms with E-state index in [1.54, 1.807) is 19.1 Å². The summed E-state index contributed by atoms with van der Waals surface area (Å²) in [6, 6.07) is 6.29. The van der Waals surface area contributed by atoms with Crippen LogP contribution in [-0.2, 0) is 9.59 Å². The monoisotopic (exact) mass is 259 g/mol. The second-order valence-electron chi connectivity index (χ2n) is 3.08. The number of carbonyl (C=O) groups excluding carboxylic acids is 1. The first kappa shape index (κ1) is 15.4. The molecule has 0 saturated carbocycles. The average molecular weight is 260 g/mol. The van der Waals surface area contributed by atoms with E-state index in [4.69, 9.17) is 21.8 Å². The highest BCUT2D eigenvalue weighted by atomic mass is 35.5. The fraction of sp³-hybridized carbons (Fsp3) is 0.273. The number of benzene rings is 1. The Balaban J connectivity index is 0.000000437. The number of aliphatic hydroxyl groups excluding tert-OH is 1. The van der Waals surface area contributed by atoms with Crippen molar-refractivity contribution in [1.29, 1.82) is 0 Å². The third kappa shape index (κ3) is 5.89. The third-order valence-electron chi connectivity index (χ3n) is 1.78. The first-order valence-corrected chi connectivity index (χ1v) is 5.21. The summed E-state index contributed by atoms with van der Waals surface area (Å²) in [6.07, 6.45) is -1.10. The molecule has 0 aliphatic rings. The van der Waals surface area contributed by atoms with Crippen molar-refractivity contribution in [3.05, 3.63) is 34.9 Å². The molecule has 1 aromatic carbocycles. The quantitative estimate of drug-likeness (QED) is 0.762. The summed E-state index contributed by atoms with van der Waals surface area (Å²) in [5, 5.41) is 17.8. The normalized spacial score (nSPS) is 11.0. The molecular formula is C11H14ClNO4. The van der Waals surface area contributed by atoms with Gasteiger partial charge >= 0.3 is 5.97 Å². The van der Waals surface area contributed by atoms with Gasteiger partial charge in [-0.15, -0.1) is 0 Å². The van der Waals surface area contributed by atoms with Crippen molar-refractivity contribution in [2.24, 2.45) is 5.73 Å². The first-order chi connectivity index (χ1) is 7.90. The zero-order chi connectivity index (χ0) is 13.4. The summed E-state index contributed by atoms with van der Waals surface area (Å²) >= 11 is 5.64. The van der Waals surface area contributed by atoms with Gasteiger partial charge in [-0.2, -0.15) is 0 Å². The highest BCUT2D eigenvalue weighted by Gasteiger charge is 2.17. The smallest absolute Gasteiger partial charge is 0.337 e. The molecule has 0 bridgehead atoms. The number of halogens is 1. The second kappa shape index (κ2) is 7.65. The lowest BCUT2D eigenvalue weighted by molar-refractivity contribution is -0.146. The minimum absolute atomic E-state index is 0.215. The van der Waals surface area contributed by atoms with Crippen molar-refractivity contribution in [1.82, 2.24) is 0 Å². The predicted molar refractivity (Wildman–Crippen MR) is 63.5 cm³/mol. The van der Waals surface area contributed by atoms with Crippen molar-refractivity contribution in [2.45, 2.75) is 19.4 Å². The van der Waals surface area contributed by atoms with E-state index in [9.17, 15) is 9.59 Å². The molecular weight excluding hydrogens is 246 g/mol. The van der Waals surface area contributed by atoms with E-state index in [1.165, 1.54) is 12.1 Å². The highest BCUT2D eigenvalue weighted by Crippen LogP contribution is 2.22. The summed E-state index contributed by atoms with van der Waals surface area (Å²) < 4.78 is 0. The highest BCUT2D eigenvalue weighted by molar-refractivity contribution is 6.31. The van der Waals surface area contributed by atoms with Crippen LogP contribution >= 0.6 is 11.6 Å². The Hall–Kier alpha value is -1.59. The van der Waals surface area contributed by atoms with Crippen molar-refractivity contribution in [2.75, 3.05) is 0 Å². The maximum atomic E-state index is 10.3. The van der Waals surface area contributed by atoms with E-state index >= 15 is 0 Å². The molecule has 4 N–H and O–H groups in total. The Morgan fingerprint density at radius 1 is 1.41 bits per heavy atom. The first-order valence-electron chi connectivity index (χ1n) is 4.83. The molecule has 1 rings (SSSR count). The van der Waals surface area contributed by atoms with Gasteiger partial charge in [0, 0.05) is 17.0 Å². The van der Waals surface area contributed by atoms with Crippen molar-refractivity contribution >= 4 is 23.5 Å². The molecule has 1 atom stereocenters. The van der Waals surface area contributed by atoms with E-state index in [0.29, 0.717) is 6.42 Å². The molecule has 0 fully saturated rings. The van der Waals surface area contributed by atoms with Crippen LogP contribution in [0.2, 0.25) is 5.02 Å². The largest absolute Gasteiger partial charge is 0.479 e. The summed E-state index contributed by atoms with van der Waals surface area (Å²) in [7, 11) is 0. The molecule has 0 unspecified atom stereocenters. The van der Waals surface area contributed by atoms with Gasteiger partial charge in [-0.05, 0) is 6.07 Å². The number of aliphatic carboxylic acids is 1. The molecule has 0 aliphatic heterocycles. The summed E-state index contributed by atoms with van der Waals surface area (Å²) in [6.45, 7) is 1.72. The molecule has 0 heterocycles. The van der Waals surface area contributed by atoms with Crippen molar-refractivity contribution in [3.8, 4) is 0 Å². The van der Waals surface area contributed by atoms with Crippen molar-refractivity contribution in [3.63, 3.8) is 0 Å². The number of carboxylic acids is 1. The van der Waals surface area contributed by atoms with E-state index < -0.39 is 12.1 Å². The van der Waals surface area contributed by atoms with E-state index in [1.807, 2.05) is 0 Å². The van der Waals surface area contributed by atoms with Gasteiger partial charge in [0.15, 0.2) is 6.10 Å². The summed E-state index contributed by atoms with van der Waals surface area (Å²) in [4.78, 5) is 19.9. The predicted octanol–water partition coefficient (Wildman–Crippen LogP) is 1.34. The molecule has 1 amide bonds. The van der Waals surface area contributed by atoms with E-state index in [2.05, 4.69) is 5.73 Å². The van der Waals surface area contributed by atoms with Gasteiger partial charge in [-0.25, -0.2) is 4.79 Å². The Bertz CT molecular complexity index is 395. The maximum Gasteiger partial charge on any atom is 0.337 e. The van der Waals surface area contributed by atoms with Crippen molar-refractivity contribution < 1.29 is 19.8 Å². The molecule has 0 radical (unpaired) electrons. The van der Waals surface area contributed by atoms with Crippen LogP contribution in [-0.4, -0.2) is 22.1 Å². The van der Waals surface area contributed by atoms with Gasteiger partial charge in [-0.1, -0.05) is 36.7 Å². The van der Waals surface area contributed by atoms with Gasteiger partial charge < -0.3 is 15.9 Å². The molecule has 1 aromatic rings. The zero-order valence-corrected chi connectivity index (χ0v) is 10.0. The standard InChI is InChI=1S/C8H7ClO3.C3H7NO/c9-6-4-2-1-3-5(6)7(10)8(11)12;1-2-3(4)5/h1-4,7,10H,(H,11,12);2H2,1H3,(H2,4,5)/t7-;/m0./s1. The van der Waals surface area contributed by atoms with Crippen LogP contribution in [0.15, 0.2) is 24.3 Å². The number of rotatable bonds is 3. The van der Waals surface area contributed by atoms with E-state index in [0.717, 1.165) is 0 Å². The van der Waals surface area contributed by atoms with Crippen LogP contribution in [0.5, 0.6) is 0 Å². The molecule has 5 nitrogen and oxygen atoms in total. The Kier molecular flexibility index (Phi) is 6.93. The maximum absolute atomic E-state index is 10.3. The number of hydrogen-bond donors (Lipinski definition) is 3. The minimum atomic E-state index is -1.54.